The van der Waals surface area contributed by atoms with Gasteiger partial charge < -0.3 is 9.47 Å². The van der Waals surface area contributed by atoms with Crippen LogP contribution in [-0.4, -0.2) is 18.4 Å². The first-order valence-electron chi connectivity index (χ1n) is 6.99. The van der Waals surface area contributed by atoms with Crippen molar-refractivity contribution in [3.63, 3.8) is 0 Å². The molecule has 0 fully saturated rings. The third kappa shape index (κ3) is 2.93. The molecule has 1 aromatic rings. The molecule has 1 heterocycles. The van der Waals surface area contributed by atoms with E-state index < -0.39 is 11.8 Å². The Balaban J connectivity index is 2.47. The predicted octanol–water partition coefficient (Wildman–Crippen LogP) is 4.65. The van der Waals surface area contributed by atoms with E-state index in [9.17, 15) is 13.2 Å². The quantitative estimate of drug-likeness (QED) is 0.806. The number of rotatable bonds is 4. The highest BCUT2D eigenvalue weighted by Gasteiger charge is 2.55. The Morgan fingerprint density at radius 2 is 1.95 bits per heavy atom. The van der Waals surface area contributed by atoms with Crippen LogP contribution < -0.4 is 4.74 Å². The molecule has 1 unspecified atom stereocenters. The van der Waals surface area contributed by atoms with Crippen LogP contribution in [0.3, 0.4) is 0 Å². The molecule has 2 nitrogen and oxygen atoms in total. The van der Waals surface area contributed by atoms with Gasteiger partial charge in [0.15, 0.2) is 0 Å². The average molecular weight is 300 g/mol. The lowest BCUT2D eigenvalue weighted by atomic mass is 9.93. The summed E-state index contributed by atoms with van der Waals surface area (Å²) in [7, 11) is 0. The molecule has 0 amide bonds. The van der Waals surface area contributed by atoms with E-state index in [0.717, 1.165) is 11.6 Å². The van der Waals surface area contributed by atoms with Crippen molar-refractivity contribution in [2.45, 2.75) is 45.6 Å². The van der Waals surface area contributed by atoms with Crippen molar-refractivity contribution >= 4 is 6.08 Å². The summed E-state index contributed by atoms with van der Waals surface area (Å²) in [6.07, 6.45) is -2.02. The van der Waals surface area contributed by atoms with Crippen LogP contribution in [0.15, 0.2) is 18.2 Å². The van der Waals surface area contributed by atoms with Gasteiger partial charge in [0.2, 0.25) is 5.60 Å². The van der Waals surface area contributed by atoms with Crippen LogP contribution in [0.25, 0.3) is 6.08 Å². The van der Waals surface area contributed by atoms with Crippen LogP contribution in [-0.2, 0) is 11.3 Å². The van der Waals surface area contributed by atoms with E-state index in [0.29, 0.717) is 17.7 Å². The molecule has 0 saturated heterocycles. The highest BCUT2D eigenvalue weighted by molar-refractivity contribution is 5.64. The maximum atomic E-state index is 13.3. The van der Waals surface area contributed by atoms with Crippen LogP contribution in [0, 0.1) is 6.92 Å². The Bertz CT molecular complexity index is 549. The predicted molar refractivity (Wildman–Crippen MR) is 75.2 cm³/mol. The van der Waals surface area contributed by atoms with Crippen molar-refractivity contribution in [3.8, 4) is 5.75 Å². The largest absolute Gasteiger partial charge is 0.473 e. The van der Waals surface area contributed by atoms with Crippen molar-refractivity contribution in [3.05, 3.63) is 34.9 Å². The zero-order chi connectivity index (χ0) is 15.7. The van der Waals surface area contributed by atoms with Crippen molar-refractivity contribution in [1.29, 1.82) is 0 Å². The van der Waals surface area contributed by atoms with Crippen molar-refractivity contribution in [2.24, 2.45) is 0 Å². The lowest BCUT2D eigenvalue weighted by molar-refractivity contribution is -0.230. The molecular formula is C16H19F3O2. The highest BCUT2D eigenvalue weighted by atomic mass is 19.4. The van der Waals surface area contributed by atoms with Crippen molar-refractivity contribution in [1.82, 2.24) is 0 Å². The number of halogens is 3. The molecule has 0 saturated carbocycles. The Kier molecular flexibility index (Phi) is 4.33. The van der Waals surface area contributed by atoms with Gasteiger partial charge in [-0.25, -0.2) is 0 Å². The zero-order valence-corrected chi connectivity index (χ0v) is 12.4. The SMILES string of the molecule is CCOCc1cc(C)cc2c1OC(CC)(C(F)(F)F)C=C2. The van der Waals surface area contributed by atoms with Gasteiger partial charge in [-0.05, 0) is 38.0 Å². The number of fused-ring (bicyclic) bond motifs is 1. The lowest BCUT2D eigenvalue weighted by Crippen LogP contribution is -2.49. The summed E-state index contributed by atoms with van der Waals surface area (Å²) < 4.78 is 50.8. The maximum absolute atomic E-state index is 13.3. The molecule has 1 aliphatic heterocycles. The third-order valence-electron chi connectivity index (χ3n) is 3.62. The van der Waals surface area contributed by atoms with E-state index in [4.69, 9.17) is 9.47 Å². The third-order valence-corrected chi connectivity index (χ3v) is 3.62. The second kappa shape index (κ2) is 5.72. The van der Waals surface area contributed by atoms with Gasteiger partial charge in [-0.15, -0.1) is 0 Å². The Labute approximate surface area is 122 Å². The first kappa shape index (κ1) is 15.9. The summed E-state index contributed by atoms with van der Waals surface area (Å²) >= 11 is 0. The Morgan fingerprint density at radius 3 is 2.52 bits per heavy atom. The molecular weight excluding hydrogens is 281 g/mol. The summed E-state index contributed by atoms with van der Waals surface area (Å²) in [5.74, 6) is 0.274. The van der Waals surface area contributed by atoms with Crippen LogP contribution in [0.4, 0.5) is 13.2 Å². The summed E-state index contributed by atoms with van der Waals surface area (Å²) in [6.45, 7) is 5.95. The summed E-state index contributed by atoms with van der Waals surface area (Å²) in [4.78, 5) is 0. The van der Waals surface area contributed by atoms with Crippen LogP contribution >= 0.6 is 0 Å². The van der Waals surface area contributed by atoms with Gasteiger partial charge >= 0.3 is 6.18 Å². The molecule has 1 atom stereocenters. The number of benzene rings is 1. The van der Waals surface area contributed by atoms with E-state index in [1.807, 2.05) is 26.0 Å². The number of alkyl halides is 3. The Hall–Kier alpha value is -1.49. The average Bonchev–Trinajstić information content (AvgIpc) is 2.43. The van der Waals surface area contributed by atoms with Crippen molar-refractivity contribution < 1.29 is 22.6 Å². The molecule has 0 aliphatic carbocycles. The molecule has 2 rings (SSSR count). The second-order valence-electron chi connectivity index (χ2n) is 5.16. The molecule has 1 aliphatic rings. The normalized spacial score (nSPS) is 21.0. The first-order chi connectivity index (χ1) is 9.83. The molecule has 0 bridgehead atoms. The second-order valence-corrected chi connectivity index (χ2v) is 5.16. The van der Waals surface area contributed by atoms with Gasteiger partial charge in [-0.1, -0.05) is 19.1 Å². The summed E-state index contributed by atoms with van der Waals surface area (Å²) in [5, 5.41) is 0. The van der Waals surface area contributed by atoms with Gasteiger partial charge in [0.25, 0.3) is 0 Å². The molecule has 116 valence electrons. The highest BCUT2D eigenvalue weighted by Crippen LogP contribution is 2.44. The van der Waals surface area contributed by atoms with Crippen molar-refractivity contribution in [2.75, 3.05) is 6.61 Å². The number of hydrogen-bond donors (Lipinski definition) is 0. The van der Waals surface area contributed by atoms with Crippen LogP contribution in [0.1, 0.15) is 37.0 Å². The fraction of sp³-hybridized carbons (Fsp3) is 0.500. The topological polar surface area (TPSA) is 18.5 Å². The minimum atomic E-state index is -4.45. The van der Waals surface area contributed by atoms with E-state index >= 15 is 0 Å². The monoisotopic (exact) mass is 300 g/mol. The van der Waals surface area contributed by atoms with E-state index in [2.05, 4.69) is 0 Å². The number of ether oxygens (including phenoxy) is 2. The molecule has 0 aromatic heterocycles. The zero-order valence-electron chi connectivity index (χ0n) is 12.4. The summed E-state index contributed by atoms with van der Waals surface area (Å²) in [6, 6.07) is 3.63. The van der Waals surface area contributed by atoms with E-state index in [1.165, 1.54) is 13.0 Å². The minimum Gasteiger partial charge on any atom is -0.473 e. The standard InChI is InChI=1S/C16H19F3O2/c1-4-15(16(17,18)19)7-6-12-8-11(3)9-13(10-20-5-2)14(12)21-15/h6-9H,4-5,10H2,1-3H3. The maximum Gasteiger partial charge on any atom is 0.432 e. The summed E-state index contributed by atoms with van der Waals surface area (Å²) in [5.41, 5.74) is 0.0277. The van der Waals surface area contributed by atoms with Gasteiger partial charge in [0, 0.05) is 17.7 Å². The van der Waals surface area contributed by atoms with Gasteiger partial charge in [-0.3, -0.25) is 0 Å². The fourth-order valence-corrected chi connectivity index (χ4v) is 2.43. The molecule has 1 aromatic carbocycles. The first-order valence-corrected chi connectivity index (χ1v) is 6.99. The minimum absolute atomic E-state index is 0.172. The number of aryl methyl sites for hydroxylation is 1. The van der Waals surface area contributed by atoms with Gasteiger partial charge in [0.05, 0.1) is 6.61 Å². The Morgan fingerprint density at radius 1 is 1.24 bits per heavy atom. The number of hydrogen-bond acceptors (Lipinski definition) is 2. The van der Waals surface area contributed by atoms with E-state index in [1.54, 1.807) is 0 Å². The molecule has 0 spiro atoms. The lowest BCUT2D eigenvalue weighted by Gasteiger charge is -2.36. The van der Waals surface area contributed by atoms with Crippen LogP contribution in [0.5, 0.6) is 5.75 Å². The smallest absolute Gasteiger partial charge is 0.432 e. The molecule has 21 heavy (non-hydrogen) atoms. The molecule has 0 radical (unpaired) electrons. The van der Waals surface area contributed by atoms with Gasteiger partial charge in [0.1, 0.15) is 5.75 Å². The molecule has 5 heteroatoms. The van der Waals surface area contributed by atoms with Gasteiger partial charge in [-0.2, -0.15) is 13.2 Å². The fourth-order valence-electron chi connectivity index (χ4n) is 2.43. The van der Waals surface area contributed by atoms with Crippen LogP contribution in [0.2, 0.25) is 0 Å². The molecule has 0 N–H and O–H groups in total. The van der Waals surface area contributed by atoms with E-state index in [-0.39, 0.29) is 18.8 Å².